The van der Waals surface area contributed by atoms with Gasteiger partial charge in [-0.2, -0.15) is 0 Å². The molecule has 0 aliphatic carbocycles. The molecule has 2 rings (SSSR count). The Labute approximate surface area is 123 Å². The Morgan fingerprint density at radius 2 is 1.85 bits per heavy atom. The van der Waals surface area contributed by atoms with E-state index >= 15 is 0 Å². The van der Waals surface area contributed by atoms with Crippen molar-refractivity contribution in [3.63, 3.8) is 0 Å². The molecule has 0 saturated heterocycles. The molecule has 4 nitrogen and oxygen atoms in total. The van der Waals surface area contributed by atoms with Crippen LogP contribution in [0.3, 0.4) is 0 Å². The smallest absolute Gasteiger partial charge is 0.271 e. The van der Waals surface area contributed by atoms with Gasteiger partial charge in [-0.1, -0.05) is 19.1 Å². The Hall–Kier alpha value is -1.37. The second-order valence-corrected chi connectivity index (χ2v) is 7.49. The lowest BCUT2D eigenvalue weighted by atomic mass is 10.2. The molecule has 0 spiro atoms. The summed E-state index contributed by atoms with van der Waals surface area (Å²) in [5, 5.41) is 0. The lowest BCUT2D eigenvalue weighted by Gasteiger charge is -2.06. The first kappa shape index (κ1) is 15.0. The highest BCUT2D eigenvalue weighted by atomic mass is 32.2. The number of rotatable bonds is 6. The van der Waals surface area contributed by atoms with Crippen molar-refractivity contribution in [2.75, 3.05) is 11.3 Å². The Balaban J connectivity index is 2.16. The fraction of sp³-hybridized carbons (Fsp3) is 0.286. The van der Waals surface area contributed by atoms with Gasteiger partial charge in [0.25, 0.3) is 10.0 Å². The number of benzene rings is 1. The quantitative estimate of drug-likeness (QED) is 0.861. The van der Waals surface area contributed by atoms with Gasteiger partial charge >= 0.3 is 0 Å². The van der Waals surface area contributed by atoms with Crippen LogP contribution in [0.5, 0.6) is 0 Å². The number of hydrogen-bond acceptors (Lipinski definition) is 4. The van der Waals surface area contributed by atoms with Crippen molar-refractivity contribution in [2.24, 2.45) is 5.73 Å². The summed E-state index contributed by atoms with van der Waals surface area (Å²) < 4.78 is 27.4. The molecule has 0 saturated carbocycles. The molecule has 3 N–H and O–H groups in total. The van der Waals surface area contributed by atoms with E-state index in [9.17, 15) is 8.42 Å². The minimum Gasteiger partial charge on any atom is -0.330 e. The van der Waals surface area contributed by atoms with Gasteiger partial charge in [-0.3, -0.25) is 4.72 Å². The molecule has 1 aromatic carbocycles. The lowest BCUT2D eigenvalue weighted by Crippen LogP contribution is -2.11. The van der Waals surface area contributed by atoms with Gasteiger partial charge in [0.2, 0.25) is 0 Å². The molecule has 1 aromatic heterocycles. The fourth-order valence-corrected chi connectivity index (χ4v) is 4.22. The summed E-state index contributed by atoms with van der Waals surface area (Å²) in [5.74, 6) is 0. The molecule has 1 heterocycles. The summed E-state index contributed by atoms with van der Waals surface area (Å²) in [5.41, 5.74) is 7.23. The van der Waals surface area contributed by atoms with Gasteiger partial charge < -0.3 is 5.73 Å². The summed E-state index contributed by atoms with van der Waals surface area (Å²) in [6.07, 6.45) is 1.63. The molecule has 20 heavy (non-hydrogen) atoms. The van der Waals surface area contributed by atoms with Crippen LogP contribution in [0.2, 0.25) is 0 Å². The van der Waals surface area contributed by atoms with E-state index in [-0.39, 0.29) is 0 Å². The van der Waals surface area contributed by atoms with Crippen molar-refractivity contribution < 1.29 is 8.42 Å². The number of aryl methyl sites for hydroxylation is 1. The van der Waals surface area contributed by atoms with Gasteiger partial charge in [-0.15, -0.1) is 11.3 Å². The second kappa shape index (κ2) is 6.39. The van der Waals surface area contributed by atoms with Crippen molar-refractivity contribution in [3.05, 3.63) is 46.8 Å². The lowest BCUT2D eigenvalue weighted by molar-refractivity contribution is 0.603. The molecular formula is C14H18N2O2S2. The van der Waals surface area contributed by atoms with Gasteiger partial charge in [0, 0.05) is 10.6 Å². The number of sulfonamides is 1. The van der Waals surface area contributed by atoms with Crippen molar-refractivity contribution in [2.45, 2.75) is 24.0 Å². The Kier molecular flexibility index (Phi) is 4.80. The third-order valence-corrected chi connectivity index (χ3v) is 5.93. The standard InChI is InChI=1S/C14H18N2O2S2/c1-2-11-3-5-12(6-4-11)16-20(17,18)14-8-7-13(19-14)9-10-15/h3-8,16H,2,9-10,15H2,1H3. The minimum atomic E-state index is -3.50. The van der Waals surface area contributed by atoms with Crippen LogP contribution in [0.15, 0.2) is 40.6 Å². The maximum absolute atomic E-state index is 12.2. The van der Waals surface area contributed by atoms with Gasteiger partial charge in [0.1, 0.15) is 4.21 Å². The van der Waals surface area contributed by atoms with Crippen LogP contribution in [0.4, 0.5) is 5.69 Å². The molecule has 0 atom stereocenters. The first-order valence-electron chi connectivity index (χ1n) is 6.45. The number of thiophene rings is 1. The largest absolute Gasteiger partial charge is 0.330 e. The maximum atomic E-state index is 12.2. The molecule has 0 radical (unpaired) electrons. The van der Waals surface area contributed by atoms with Crippen LogP contribution < -0.4 is 10.5 Å². The fourth-order valence-electron chi connectivity index (χ4n) is 1.79. The topological polar surface area (TPSA) is 72.2 Å². The minimum absolute atomic E-state index is 0.320. The third-order valence-electron chi connectivity index (χ3n) is 2.91. The molecule has 0 aliphatic heterocycles. The van der Waals surface area contributed by atoms with Crippen molar-refractivity contribution in [1.82, 2.24) is 0 Å². The highest BCUT2D eigenvalue weighted by molar-refractivity contribution is 7.94. The average Bonchev–Trinajstić information content (AvgIpc) is 2.89. The molecule has 0 unspecified atom stereocenters. The number of nitrogens with two attached hydrogens (primary N) is 1. The van der Waals surface area contributed by atoms with Crippen LogP contribution in [0.25, 0.3) is 0 Å². The van der Waals surface area contributed by atoms with Gasteiger partial charge in [-0.25, -0.2) is 8.42 Å². The SMILES string of the molecule is CCc1ccc(NS(=O)(=O)c2ccc(CCN)s2)cc1. The van der Waals surface area contributed by atoms with E-state index in [2.05, 4.69) is 11.6 Å². The molecule has 0 fully saturated rings. The Bertz CT molecular complexity index is 661. The van der Waals surface area contributed by atoms with E-state index in [4.69, 9.17) is 5.73 Å². The van der Waals surface area contributed by atoms with E-state index in [1.807, 2.05) is 18.2 Å². The summed E-state index contributed by atoms with van der Waals surface area (Å²) in [6.45, 7) is 2.58. The van der Waals surface area contributed by atoms with Gasteiger partial charge in [-0.05, 0) is 49.2 Å². The highest BCUT2D eigenvalue weighted by Crippen LogP contribution is 2.24. The predicted molar refractivity (Wildman–Crippen MR) is 83.7 cm³/mol. The first-order valence-corrected chi connectivity index (χ1v) is 8.75. The molecule has 2 aromatic rings. The first-order chi connectivity index (χ1) is 9.55. The Morgan fingerprint density at radius 3 is 2.45 bits per heavy atom. The molecule has 108 valence electrons. The van der Waals surface area contributed by atoms with Crippen LogP contribution in [-0.2, 0) is 22.9 Å². The van der Waals surface area contributed by atoms with Gasteiger partial charge in [0.15, 0.2) is 0 Å². The number of anilines is 1. The van der Waals surface area contributed by atoms with Crippen molar-refractivity contribution in [3.8, 4) is 0 Å². The monoisotopic (exact) mass is 310 g/mol. The van der Waals surface area contributed by atoms with E-state index in [0.29, 0.717) is 22.9 Å². The molecule has 0 bridgehead atoms. The highest BCUT2D eigenvalue weighted by Gasteiger charge is 2.16. The number of nitrogens with one attached hydrogen (secondary N) is 1. The normalized spacial score (nSPS) is 11.5. The van der Waals surface area contributed by atoms with E-state index in [1.54, 1.807) is 18.2 Å². The number of hydrogen-bond donors (Lipinski definition) is 2. The zero-order valence-electron chi connectivity index (χ0n) is 11.3. The van der Waals surface area contributed by atoms with Crippen molar-refractivity contribution >= 4 is 27.0 Å². The molecule has 0 aliphatic rings. The van der Waals surface area contributed by atoms with Crippen LogP contribution >= 0.6 is 11.3 Å². The Morgan fingerprint density at radius 1 is 1.15 bits per heavy atom. The zero-order valence-corrected chi connectivity index (χ0v) is 12.9. The maximum Gasteiger partial charge on any atom is 0.271 e. The molecular weight excluding hydrogens is 292 g/mol. The van der Waals surface area contributed by atoms with E-state index < -0.39 is 10.0 Å². The second-order valence-electron chi connectivity index (χ2n) is 4.42. The molecule has 0 amide bonds. The van der Waals surface area contributed by atoms with Crippen LogP contribution in [0, 0.1) is 0 Å². The summed E-state index contributed by atoms with van der Waals surface area (Å²) in [4.78, 5) is 0.981. The molecule has 6 heteroatoms. The van der Waals surface area contributed by atoms with Crippen LogP contribution in [-0.4, -0.2) is 15.0 Å². The summed E-state index contributed by atoms with van der Waals surface area (Å²) >= 11 is 1.26. The van der Waals surface area contributed by atoms with E-state index in [1.165, 1.54) is 16.9 Å². The van der Waals surface area contributed by atoms with Crippen LogP contribution in [0.1, 0.15) is 17.4 Å². The average molecular weight is 310 g/mol. The summed E-state index contributed by atoms with van der Waals surface area (Å²) in [6, 6.07) is 10.8. The predicted octanol–water partition coefficient (Wildman–Crippen LogP) is 2.61. The summed E-state index contributed by atoms with van der Waals surface area (Å²) in [7, 11) is -3.50. The third kappa shape index (κ3) is 3.59. The zero-order chi connectivity index (χ0) is 14.6. The van der Waals surface area contributed by atoms with Crippen molar-refractivity contribution in [1.29, 1.82) is 0 Å². The van der Waals surface area contributed by atoms with E-state index in [0.717, 1.165) is 11.3 Å². The van der Waals surface area contributed by atoms with Gasteiger partial charge in [0.05, 0.1) is 0 Å².